The fourth-order valence-corrected chi connectivity index (χ4v) is 15.8. The monoisotopic (exact) mass is 840 g/mol. The van der Waals surface area contributed by atoms with Crippen LogP contribution < -0.4 is 4.74 Å². The molecule has 11 rings (SSSR count). The summed E-state index contributed by atoms with van der Waals surface area (Å²) in [6.45, 7) is 4.31. The molecule has 0 amide bonds. The van der Waals surface area contributed by atoms with E-state index in [4.69, 9.17) is 18.9 Å². The number of phenolic OH excluding ortho intramolecular Hbond substituents is 1. The van der Waals surface area contributed by atoms with E-state index in [1.54, 1.807) is 13.0 Å². The largest absolute Gasteiger partial charge is 0.506 e. The summed E-state index contributed by atoms with van der Waals surface area (Å²) in [5, 5.41) is 69.8. The summed E-state index contributed by atoms with van der Waals surface area (Å²) in [6, 6.07) is 4.19. The second-order valence-electron chi connectivity index (χ2n) is 21.0. The van der Waals surface area contributed by atoms with Crippen molar-refractivity contribution in [1.82, 2.24) is 0 Å². The first kappa shape index (κ1) is 40.4. The first-order valence-electron chi connectivity index (χ1n) is 22.9. The molecule has 12 heteroatoms. The maximum absolute atomic E-state index is 12.7. The molecule has 2 bridgehead atoms. The van der Waals surface area contributed by atoms with Gasteiger partial charge in [-0.25, -0.2) is 4.79 Å². The summed E-state index contributed by atoms with van der Waals surface area (Å²) in [6.07, 6.45) is 8.29. The molecule has 13 atom stereocenters. The van der Waals surface area contributed by atoms with E-state index in [-0.39, 0.29) is 57.5 Å². The number of allylic oxidation sites excluding steroid dienone is 2. The molecule has 2 aromatic carbocycles. The first-order valence-corrected chi connectivity index (χ1v) is 22.9. The topological polar surface area (TPSA) is 192 Å². The van der Waals surface area contributed by atoms with Gasteiger partial charge in [0.05, 0.1) is 35.3 Å². The number of hydrogen-bond donors (Lipinski definition) is 6. The lowest BCUT2D eigenvalue weighted by Gasteiger charge is -2.64. The van der Waals surface area contributed by atoms with Crippen LogP contribution in [-0.4, -0.2) is 105 Å². The van der Waals surface area contributed by atoms with E-state index in [1.807, 2.05) is 0 Å². The SMILES string of the molecule is CC(=O)c1c(C)cc2cc(C(=O)O)cc(O[C@@H]3O[C@@H]4[C@@H](O)CC[C@H]5O[C@@]4(C[C@@H]4C6=C5CC=C6[C@]5(CCO)COC[C@H]6C[C@]7(CCC8(CCCC8)C7)C[C@@H]4[C@@H]65)[C@H](O)[C@H]3O)c2c1O. The molecule has 0 radical (unpaired) electrons. The van der Waals surface area contributed by atoms with Gasteiger partial charge < -0.3 is 49.6 Å². The highest BCUT2D eigenvalue weighted by atomic mass is 16.7. The highest BCUT2D eigenvalue weighted by molar-refractivity contribution is 6.08. The quantitative estimate of drug-likeness (QED) is 0.179. The Morgan fingerprint density at radius 3 is 2.52 bits per heavy atom. The van der Waals surface area contributed by atoms with Gasteiger partial charge >= 0.3 is 5.97 Å². The van der Waals surface area contributed by atoms with Gasteiger partial charge in [0.2, 0.25) is 6.29 Å². The van der Waals surface area contributed by atoms with Crippen molar-refractivity contribution in [2.24, 2.45) is 39.9 Å². The zero-order valence-electron chi connectivity index (χ0n) is 35.2. The third-order valence-electron chi connectivity index (χ3n) is 17.9. The van der Waals surface area contributed by atoms with Gasteiger partial charge in [-0.3, -0.25) is 4.79 Å². The summed E-state index contributed by atoms with van der Waals surface area (Å²) in [5.41, 5.74) is 2.82. The van der Waals surface area contributed by atoms with Crippen LogP contribution in [0.15, 0.2) is 41.0 Å². The van der Waals surface area contributed by atoms with E-state index in [0.717, 1.165) is 12.8 Å². The summed E-state index contributed by atoms with van der Waals surface area (Å²) in [5.74, 6) is -1.46. The number of carbonyl (C=O) groups is 2. The third-order valence-corrected chi connectivity index (χ3v) is 17.9. The molecule has 12 nitrogen and oxygen atoms in total. The highest BCUT2D eigenvalue weighted by Gasteiger charge is 2.69. The number of aromatic carboxylic acids is 1. The standard InChI is InChI=1S/C49H60O12/c1-24-15-26-16-27(44(56)57)17-35(37(26)40(53)36(24)25(2)51)59-45-41(54)42(55)49-20-30-31-19-47(12-11-46(22-47)9-3-4-10-46)18-28-21-58-23-48(13-14-50,39(28)31)32-6-5-29(38(30)32)34(61-49)8-7-33(52)43(49)60-45/h6,15-17,28,30-31,33-34,39,41-43,45,50,52-55H,3-5,7-14,18-23H2,1-2H3,(H,56,57)/t28-,30+,31+,33+,34-,39-,41-,42-,43-,45-,47-,48+,49+/m1/s1. The molecule has 3 saturated heterocycles. The molecule has 7 fully saturated rings. The molecule has 0 aromatic heterocycles. The zero-order valence-corrected chi connectivity index (χ0v) is 35.2. The minimum atomic E-state index is -1.71. The molecule has 9 aliphatic rings. The van der Waals surface area contributed by atoms with Crippen LogP contribution in [0.5, 0.6) is 11.5 Å². The average molecular weight is 841 g/mol. The van der Waals surface area contributed by atoms with Crippen molar-refractivity contribution in [2.45, 2.75) is 146 Å². The summed E-state index contributed by atoms with van der Waals surface area (Å²) < 4.78 is 26.9. The number of carbonyl (C=O) groups excluding carboxylic acids is 1. The minimum absolute atomic E-state index is 0.0540. The Morgan fingerprint density at radius 1 is 0.984 bits per heavy atom. The number of hydrogen-bond acceptors (Lipinski definition) is 11. The predicted molar refractivity (Wildman–Crippen MR) is 221 cm³/mol. The van der Waals surface area contributed by atoms with Gasteiger partial charge in [-0.05, 0) is 165 Å². The van der Waals surface area contributed by atoms with Crippen LogP contribution in [0, 0.1) is 46.8 Å². The number of aryl methyl sites for hydroxylation is 1. The molecule has 61 heavy (non-hydrogen) atoms. The van der Waals surface area contributed by atoms with E-state index in [9.17, 15) is 40.2 Å². The van der Waals surface area contributed by atoms with Crippen LogP contribution in [0.4, 0.5) is 0 Å². The average Bonchev–Trinajstić information content (AvgIpc) is 3.92. The minimum Gasteiger partial charge on any atom is -0.506 e. The molecular formula is C49H60O12. The summed E-state index contributed by atoms with van der Waals surface area (Å²) in [7, 11) is 0. The Kier molecular flexibility index (Phi) is 9.32. The van der Waals surface area contributed by atoms with Gasteiger partial charge in [-0.15, -0.1) is 0 Å². The maximum atomic E-state index is 12.7. The number of rotatable bonds is 6. The third kappa shape index (κ3) is 5.74. The molecule has 4 saturated carbocycles. The molecule has 328 valence electrons. The number of carboxylic acids is 1. The molecule has 6 N–H and O–H groups in total. The van der Waals surface area contributed by atoms with E-state index >= 15 is 0 Å². The van der Waals surface area contributed by atoms with E-state index < -0.39 is 59.9 Å². The first-order chi connectivity index (χ1) is 29.2. The highest BCUT2D eigenvalue weighted by Crippen LogP contribution is 2.73. The molecule has 5 aliphatic carbocycles. The maximum Gasteiger partial charge on any atom is 0.335 e. The zero-order chi connectivity index (χ0) is 42.4. The van der Waals surface area contributed by atoms with Gasteiger partial charge in [0.25, 0.3) is 0 Å². The lowest BCUT2D eigenvalue weighted by atomic mass is 9.42. The molecular weight excluding hydrogens is 781 g/mol. The van der Waals surface area contributed by atoms with E-state index in [0.29, 0.717) is 67.6 Å². The molecule has 4 aliphatic heterocycles. The van der Waals surface area contributed by atoms with Gasteiger partial charge in [-0.1, -0.05) is 25.0 Å². The Balaban J connectivity index is 1.00. The number of carboxylic acid groups (broad SMARTS) is 1. The fraction of sp³-hybridized carbons (Fsp3) is 0.673. The Labute approximate surface area is 355 Å². The van der Waals surface area contributed by atoms with Crippen molar-refractivity contribution in [3.05, 3.63) is 57.7 Å². The number of fused-ring (bicyclic) bond motifs is 5. The number of phenols is 1. The van der Waals surface area contributed by atoms with Crippen LogP contribution in [0.3, 0.4) is 0 Å². The van der Waals surface area contributed by atoms with Gasteiger partial charge in [0.1, 0.15) is 35.4 Å². The lowest BCUT2D eigenvalue weighted by Crippen LogP contribution is -2.71. The molecule has 4 heterocycles. The second kappa shape index (κ2) is 14.1. The van der Waals surface area contributed by atoms with E-state index in [1.165, 1.54) is 80.7 Å². The predicted octanol–water partition coefficient (Wildman–Crippen LogP) is 6.29. The van der Waals surface area contributed by atoms with E-state index in [2.05, 4.69) is 6.08 Å². The van der Waals surface area contributed by atoms with Crippen LogP contribution in [0.1, 0.15) is 123 Å². The number of aromatic hydroxyl groups is 1. The number of aliphatic hydroxyl groups is 4. The Morgan fingerprint density at radius 2 is 1.77 bits per heavy atom. The van der Waals surface area contributed by atoms with Crippen molar-refractivity contribution >= 4 is 22.5 Å². The Hall–Kier alpha value is -3.36. The van der Waals surface area contributed by atoms with Crippen LogP contribution in [0.2, 0.25) is 0 Å². The van der Waals surface area contributed by atoms with Crippen molar-refractivity contribution < 1.29 is 59.2 Å². The smallest absolute Gasteiger partial charge is 0.335 e. The Bertz CT molecular complexity index is 2250. The molecule has 2 aromatic rings. The van der Waals surface area contributed by atoms with Crippen LogP contribution in [-0.2, 0) is 14.2 Å². The van der Waals surface area contributed by atoms with Gasteiger partial charge in [-0.2, -0.15) is 0 Å². The lowest BCUT2D eigenvalue weighted by molar-refractivity contribution is -0.336. The van der Waals surface area contributed by atoms with Gasteiger partial charge in [0, 0.05) is 18.6 Å². The molecule has 0 unspecified atom stereocenters. The number of Topliss-reactive ketones (excluding diaryl/α,β-unsaturated/α-hetero) is 1. The van der Waals surface area contributed by atoms with Gasteiger partial charge in [0.15, 0.2) is 5.78 Å². The second-order valence-corrected chi connectivity index (χ2v) is 21.0. The number of aliphatic hydroxyl groups excluding tert-OH is 4. The summed E-state index contributed by atoms with van der Waals surface area (Å²) >= 11 is 0. The number of benzene rings is 2. The van der Waals surface area contributed by atoms with Crippen LogP contribution in [0.25, 0.3) is 10.8 Å². The van der Waals surface area contributed by atoms with Crippen molar-refractivity contribution in [3.8, 4) is 11.5 Å². The van der Waals surface area contributed by atoms with Crippen molar-refractivity contribution in [3.63, 3.8) is 0 Å². The summed E-state index contributed by atoms with van der Waals surface area (Å²) in [4.78, 5) is 25.0. The normalized spacial score (nSPS) is 41.8. The fourth-order valence-electron chi connectivity index (χ4n) is 15.8. The number of ether oxygens (including phenoxy) is 4. The molecule has 3 spiro atoms. The number of ketones is 1. The van der Waals surface area contributed by atoms with Crippen molar-refractivity contribution in [2.75, 3.05) is 19.8 Å². The van der Waals surface area contributed by atoms with Crippen LogP contribution >= 0.6 is 0 Å². The van der Waals surface area contributed by atoms with Crippen molar-refractivity contribution in [1.29, 1.82) is 0 Å².